The Morgan fingerprint density at radius 1 is 1.07 bits per heavy atom. The van der Waals surface area contributed by atoms with Crippen LogP contribution in [0.4, 0.5) is 0 Å². The molecule has 0 radical (unpaired) electrons. The first-order valence-electron chi connectivity index (χ1n) is 11.9. The standard InChI is InChI=1S/C26H39NO2/c1-3-6-24(28)7-5-18-27-19-16-23(17-20-27)22-10-14-26(15-11-22)29-25-12-8-21(4-2)9-13-25/h10-11,14-16,21,25H,3-9,12-13,17-20H2,1-2H3. The largest absolute Gasteiger partial charge is 0.490 e. The number of rotatable bonds is 10. The molecule has 0 saturated heterocycles. The molecule has 2 aliphatic rings. The van der Waals surface area contributed by atoms with Crippen LogP contribution in [0.15, 0.2) is 30.3 Å². The molecule has 1 heterocycles. The van der Waals surface area contributed by atoms with Crippen molar-refractivity contribution in [3.8, 4) is 5.75 Å². The van der Waals surface area contributed by atoms with Crippen LogP contribution < -0.4 is 4.74 Å². The lowest BCUT2D eigenvalue weighted by Crippen LogP contribution is -2.29. The maximum Gasteiger partial charge on any atom is 0.132 e. The summed E-state index contributed by atoms with van der Waals surface area (Å²) >= 11 is 0. The van der Waals surface area contributed by atoms with E-state index in [-0.39, 0.29) is 0 Å². The molecule has 0 bridgehead atoms. The first kappa shape index (κ1) is 22.1. The van der Waals surface area contributed by atoms with Gasteiger partial charge in [-0.2, -0.15) is 0 Å². The molecule has 1 aromatic rings. The maximum absolute atomic E-state index is 11.7. The number of Topliss-reactive ketones (excluding diaryl/α,β-unsaturated/α-hetero) is 1. The quantitative estimate of drug-likeness (QED) is 0.466. The first-order chi connectivity index (χ1) is 14.2. The first-order valence-corrected chi connectivity index (χ1v) is 11.9. The predicted octanol–water partition coefficient (Wildman–Crippen LogP) is 6.27. The Kier molecular flexibility index (Phi) is 8.79. The molecule has 0 spiro atoms. The molecule has 0 amide bonds. The monoisotopic (exact) mass is 397 g/mol. The van der Waals surface area contributed by atoms with Crippen LogP contribution in [-0.4, -0.2) is 36.4 Å². The Bertz CT molecular complexity index is 656. The van der Waals surface area contributed by atoms with E-state index in [0.29, 0.717) is 11.9 Å². The number of ketones is 1. The Morgan fingerprint density at radius 2 is 1.83 bits per heavy atom. The summed E-state index contributed by atoms with van der Waals surface area (Å²) in [5.74, 6) is 2.34. The molecule has 160 valence electrons. The number of benzene rings is 1. The van der Waals surface area contributed by atoms with Gasteiger partial charge in [0.2, 0.25) is 0 Å². The molecule has 1 fully saturated rings. The second-order valence-corrected chi connectivity index (χ2v) is 8.87. The molecule has 1 saturated carbocycles. The lowest BCUT2D eigenvalue weighted by Gasteiger charge is -2.28. The molecule has 1 aromatic carbocycles. The number of ether oxygens (including phenoxy) is 1. The molecule has 0 unspecified atom stereocenters. The van der Waals surface area contributed by atoms with Gasteiger partial charge in [-0.3, -0.25) is 9.69 Å². The average molecular weight is 398 g/mol. The van der Waals surface area contributed by atoms with Gasteiger partial charge in [0.15, 0.2) is 0 Å². The fourth-order valence-corrected chi connectivity index (χ4v) is 4.68. The third-order valence-electron chi connectivity index (χ3n) is 6.65. The van der Waals surface area contributed by atoms with Gasteiger partial charge in [0.1, 0.15) is 11.5 Å². The van der Waals surface area contributed by atoms with Crippen molar-refractivity contribution in [3.05, 3.63) is 35.9 Å². The number of hydrogen-bond acceptors (Lipinski definition) is 3. The lowest BCUT2D eigenvalue weighted by molar-refractivity contribution is -0.119. The summed E-state index contributed by atoms with van der Waals surface area (Å²) < 4.78 is 6.23. The molecule has 29 heavy (non-hydrogen) atoms. The normalized spacial score (nSPS) is 22.9. The van der Waals surface area contributed by atoms with E-state index in [4.69, 9.17) is 4.74 Å². The zero-order chi connectivity index (χ0) is 20.5. The fourth-order valence-electron chi connectivity index (χ4n) is 4.68. The minimum Gasteiger partial charge on any atom is -0.490 e. The van der Waals surface area contributed by atoms with Crippen LogP contribution in [0, 0.1) is 5.92 Å². The van der Waals surface area contributed by atoms with Crippen LogP contribution in [0.2, 0.25) is 0 Å². The molecular weight excluding hydrogens is 358 g/mol. The zero-order valence-electron chi connectivity index (χ0n) is 18.5. The summed E-state index contributed by atoms with van der Waals surface area (Å²) in [5.41, 5.74) is 2.77. The Morgan fingerprint density at radius 3 is 2.45 bits per heavy atom. The summed E-state index contributed by atoms with van der Waals surface area (Å²) in [6, 6.07) is 8.73. The molecule has 3 rings (SSSR count). The highest BCUT2D eigenvalue weighted by Gasteiger charge is 2.21. The fraction of sp³-hybridized carbons (Fsp3) is 0.654. The third kappa shape index (κ3) is 6.99. The highest BCUT2D eigenvalue weighted by atomic mass is 16.5. The van der Waals surface area contributed by atoms with Crippen LogP contribution >= 0.6 is 0 Å². The van der Waals surface area contributed by atoms with Gasteiger partial charge in [0.05, 0.1) is 6.10 Å². The molecule has 1 aliphatic heterocycles. The van der Waals surface area contributed by atoms with Crippen molar-refractivity contribution in [2.75, 3.05) is 19.6 Å². The van der Waals surface area contributed by atoms with Gasteiger partial charge in [-0.1, -0.05) is 38.5 Å². The minimum atomic E-state index is 0.398. The van der Waals surface area contributed by atoms with Crippen molar-refractivity contribution < 1.29 is 9.53 Å². The van der Waals surface area contributed by atoms with Crippen molar-refractivity contribution in [3.63, 3.8) is 0 Å². The van der Waals surface area contributed by atoms with Gasteiger partial charge >= 0.3 is 0 Å². The second-order valence-electron chi connectivity index (χ2n) is 8.87. The van der Waals surface area contributed by atoms with E-state index >= 15 is 0 Å². The van der Waals surface area contributed by atoms with Gasteiger partial charge in [-0.15, -0.1) is 0 Å². The van der Waals surface area contributed by atoms with Crippen molar-refractivity contribution in [2.24, 2.45) is 5.92 Å². The zero-order valence-corrected chi connectivity index (χ0v) is 18.5. The van der Waals surface area contributed by atoms with Gasteiger partial charge in [0, 0.05) is 25.9 Å². The maximum atomic E-state index is 11.7. The van der Waals surface area contributed by atoms with Crippen molar-refractivity contribution in [1.82, 2.24) is 4.90 Å². The molecular formula is C26H39NO2. The molecule has 0 aromatic heterocycles. The van der Waals surface area contributed by atoms with E-state index < -0.39 is 0 Å². The molecule has 0 atom stereocenters. The Balaban J connectivity index is 1.42. The van der Waals surface area contributed by atoms with Crippen molar-refractivity contribution in [1.29, 1.82) is 0 Å². The molecule has 3 nitrogen and oxygen atoms in total. The van der Waals surface area contributed by atoms with Gasteiger partial charge in [0.25, 0.3) is 0 Å². The van der Waals surface area contributed by atoms with E-state index in [2.05, 4.69) is 49.1 Å². The third-order valence-corrected chi connectivity index (χ3v) is 6.65. The number of carbonyl (C=O) groups excluding carboxylic acids is 1. The van der Waals surface area contributed by atoms with Crippen LogP contribution in [-0.2, 0) is 4.79 Å². The minimum absolute atomic E-state index is 0.398. The summed E-state index contributed by atoms with van der Waals surface area (Å²) in [4.78, 5) is 14.1. The number of carbonyl (C=O) groups is 1. The van der Waals surface area contributed by atoms with E-state index in [1.165, 1.54) is 43.2 Å². The summed E-state index contributed by atoms with van der Waals surface area (Å²) in [6.07, 6.45) is 13.6. The summed E-state index contributed by atoms with van der Waals surface area (Å²) in [6.45, 7) is 7.50. The molecule has 3 heteroatoms. The SMILES string of the molecule is CCCC(=O)CCCN1CC=C(c2ccc(OC3CCC(CC)CC3)cc2)CC1. The van der Waals surface area contributed by atoms with Crippen LogP contribution in [0.3, 0.4) is 0 Å². The van der Waals surface area contributed by atoms with E-state index in [1.807, 2.05) is 0 Å². The summed E-state index contributed by atoms with van der Waals surface area (Å²) in [5, 5.41) is 0. The van der Waals surface area contributed by atoms with Crippen LogP contribution in [0.25, 0.3) is 5.57 Å². The van der Waals surface area contributed by atoms with Gasteiger partial charge in [-0.25, -0.2) is 0 Å². The van der Waals surface area contributed by atoms with Crippen LogP contribution in [0.5, 0.6) is 5.75 Å². The van der Waals surface area contributed by atoms with Gasteiger partial charge in [-0.05, 0) is 80.7 Å². The lowest BCUT2D eigenvalue weighted by atomic mass is 9.86. The van der Waals surface area contributed by atoms with E-state index in [9.17, 15) is 4.79 Å². The Hall–Kier alpha value is -1.61. The molecule has 0 N–H and O–H groups in total. The second kappa shape index (κ2) is 11.5. The smallest absolute Gasteiger partial charge is 0.132 e. The topological polar surface area (TPSA) is 29.5 Å². The van der Waals surface area contributed by atoms with Crippen LogP contribution in [0.1, 0.15) is 83.6 Å². The van der Waals surface area contributed by atoms with Crippen molar-refractivity contribution >= 4 is 11.4 Å². The van der Waals surface area contributed by atoms with E-state index in [1.54, 1.807) is 0 Å². The van der Waals surface area contributed by atoms with E-state index in [0.717, 1.165) is 63.4 Å². The highest BCUT2D eigenvalue weighted by Crippen LogP contribution is 2.30. The summed E-state index contributed by atoms with van der Waals surface area (Å²) in [7, 11) is 0. The number of nitrogens with zero attached hydrogens (tertiary/aromatic N) is 1. The Labute approximate surface area is 177 Å². The van der Waals surface area contributed by atoms with Gasteiger partial charge < -0.3 is 4.74 Å². The molecule has 1 aliphatic carbocycles. The highest BCUT2D eigenvalue weighted by molar-refractivity contribution is 5.78. The number of hydrogen-bond donors (Lipinski definition) is 0. The average Bonchev–Trinajstić information content (AvgIpc) is 2.76. The predicted molar refractivity (Wildman–Crippen MR) is 121 cm³/mol. The van der Waals surface area contributed by atoms with Crippen molar-refractivity contribution in [2.45, 2.75) is 84.2 Å².